The summed E-state index contributed by atoms with van der Waals surface area (Å²) in [6.07, 6.45) is 3.01. The van der Waals surface area contributed by atoms with Crippen LogP contribution < -0.4 is 0 Å². The Bertz CT molecular complexity index is 432. The van der Waals surface area contributed by atoms with Crippen LogP contribution in [0.3, 0.4) is 0 Å². The van der Waals surface area contributed by atoms with Crippen molar-refractivity contribution < 1.29 is 14.4 Å². The number of benzene rings is 1. The van der Waals surface area contributed by atoms with Gasteiger partial charge >= 0.3 is 0 Å². The number of nitro benzene ring substituents is 1. The fourth-order valence-corrected chi connectivity index (χ4v) is 2.60. The smallest absolute Gasteiger partial charge is 0.282 e. The second kappa shape index (κ2) is 6.44. The molecule has 1 aliphatic heterocycles. The van der Waals surface area contributed by atoms with Gasteiger partial charge in [-0.2, -0.15) is 0 Å². The first-order valence-corrected chi connectivity index (χ1v) is 6.91. The van der Waals surface area contributed by atoms with Crippen LogP contribution in [0.4, 0.5) is 5.69 Å². The lowest BCUT2D eigenvalue weighted by molar-refractivity contribution is -0.385. The van der Waals surface area contributed by atoms with Crippen LogP contribution in [-0.4, -0.2) is 17.8 Å². The third-order valence-electron chi connectivity index (χ3n) is 2.78. The van der Waals surface area contributed by atoms with E-state index in [1.54, 1.807) is 12.1 Å². The Morgan fingerprint density at radius 2 is 2.33 bits per heavy atom. The Balaban J connectivity index is 1.93. The van der Waals surface area contributed by atoms with Gasteiger partial charge < -0.3 is 9.47 Å². The van der Waals surface area contributed by atoms with Crippen molar-refractivity contribution in [3.63, 3.8) is 0 Å². The SMILES string of the molecule is O=[N+]([O-])c1ccc(COC2CCCCO2)cc1I. The largest absolute Gasteiger partial charge is 0.353 e. The Morgan fingerprint density at radius 1 is 1.50 bits per heavy atom. The van der Waals surface area contributed by atoms with Crippen molar-refractivity contribution in [3.8, 4) is 0 Å². The summed E-state index contributed by atoms with van der Waals surface area (Å²) in [5.74, 6) is 0. The van der Waals surface area contributed by atoms with Gasteiger partial charge in [0.15, 0.2) is 6.29 Å². The number of hydrogen-bond acceptors (Lipinski definition) is 4. The van der Waals surface area contributed by atoms with E-state index in [0.717, 1.165) is 31.4 Å². The molecule has 2 rings (SSSR count). The van der Waals surface area contributed by atoms with Crippen LogP contribution in [0.5, 0.6) is 0 Å². The molecule has 0 radical (unpaired) electrons. The predicted octanol–water partition coefficient (Wildman–Crippen LogP) is 3.24. The molecule has 1 fully saturated rings. The number of ether oxygens (including phenoxy) is 2. The van der Waals surface area contributed by atoms with Crippen LogP contribution in [-0.2, 0) is 16.1 Å². The summed E-state index contributed by atoms with van der Waals surface area (Å²) < 4.78 is 11.7. The third-order valence-corrected chi connectivity index (χ3v) is 3.65. The molecule has 5 nitrogen and oxygen atoms in total. The van der Waals surface area contributed by atoms with E-state index in [-0.39, 0.29) is 16.9 Å². The molecule has 0 N–H and O–H groups in total. The van der Waals surface area contributed by atoms with Crippen LogP contribution in [0.15, 0.2) is 18.2 Å². The second-order valence-electron chi connectivity index (χ2n) is 4.15. The van der Waals surface area contributed by atoms with Gasteiger partial charge in [0.1, 0.15) is 0 Å². The number of nitro groups is 1. The van der Waals surface area contributed by atoms with Gasteiger partial charge in [0, 0.05) is 12.7 Å². The van der Waals surface area contributed by atoms with Gasteiger partial charge in [0.2, 0.25) is 0 Å². The summed E-state index contributed by atoms with van der Waals surface area (Å²) in [5, 5.41) is 10.7. The fourth-order valence-electron chi connectivity index (χ4n) is 1.82. The molecule has 0 saturated carbocycles. The molecule has 98 valence electrons. The predicted molar refractivity (Wildman–Crippen MR) is 74.2 cm³/mol. The van der Waals surface area contributed by atoms with E-state index < -0.39 is 0 Å². The topological polar surface area (TPSA) is 61.6 Å². The van der Waals surface area contributed by atoms with Crippen LogP contribution in [0, 0.1) is 13.7 Å². The van der Waals surface area contributed by atoms with Gasteiger partial charge in [-0.25, -0.2) is 0 Å². The van der Waals surface area contributed by atoms with E-state index in [1.165, 1.54) is 6.07 Å². The van der Waals surface area contributed by atoms with Gasteiger partial charge in [0.25, 0.3) is 5.69 Å². The highest BCUT2D eigenvalue weighted by molar-refractivity contribution is 14.1. The highest BCUT2D eigenvalue weighted by Gasteiger charge is 2.15. The third kappa shape index (κ3) is 3.63. The zero-order valence-electron chi connectivity index (χ0n) is 9.80. The number of hydrogen-bond donors (Lipinski definition) is 0. The quantitative estimate of drug-likeness (QED) is 0.468. The molecule has 1 aromatic carbocycles. The summed E-state index contributed by atoms with van der Waals surface area (Å²) in [6.45, 7) is 1.18. The summed E-state index contributed by atoms with van der Waals surface area (Å²) in [6, 6.07) is 5.02. The number of halogens is 1. The Labute approximate surface area is 119 Å². The molecular formula is C12H14INO4. The summed E-state index contributed by atoms with van der Waals surface area (Å²) >= 11 is 1.97. The number of nitrogens with zero attached hydrogens (tertiary/aromatic N) is 1. The van der Waals surface area contributed by atoms with E-state index in [1.807, 2.05) is 22.6 Å². The molecule has 1 aromatic rings. The maximum absolute atomic E-state index is 10.7. The molecule has 0 bridgehead atoms. The van der Waals surface area contributed by atoms with E-state index in [9.17, 15) is 10.1 Å². The first-order valence-electron chi connectivity index (χ1n) is 5.83. The Kier molecular flexibility index (Phi) is 4.90. The van der Waals surface area contributed by atoms with Crippen LogP contribution in [0.1, 0.15) is 24.8 Å². The highest BCUT2D eigenvalue weighted by Crippen LogP contribution is 2.23. The van der Waals surface area contributed by atoms with Crippen molar-refractivity contribution in [1.29, 1.82) is 0 Å². The lowest BCUT2D eigenvalue weighted by Gasteiger charge is -2.22. The maximum atomic E-state index is 10.7. The summed E-state index contributed by atoms with van der Waals surface area (Å²) in [5.41, 5.74) is 1.06. The average Bonchev–Trinajstić information content (AvgIpc) is 2.37. The average molecular weight is 363 g/mol. The van der Waals surface area contributed by atoms with Crippen molar-refractivity contribution in [2.75, 3.05) is 6.61 Å². The zero-order chi connectivity index (χ0) is 13.0. The Morgan fingerprint density at radius 3 is 2.94 bits per heavy atom. The van der Waals surface area contributed by atoms with Crippen molar-refractivity contribution >= 4 is 28.3 Å². The fraction of sp³-hybridized carbons (Fsp3) is 0.500. The lowest BCUT2D eigenvalue weighted by Crippen LogP contribution is -2.22. The molecule has 0 aliphatic carbocycles. The molecule has 6 heteroatoms. The van der Waals surface area contributed by atoms with Gasteiger partial charge in [-0.3, -0.25) is 10.1 Å². The maximum Gasteiger partial charge on any atom is 0.282 e. The van der Waals surface area contributed by atoms with Crippen molar-refractivity contribution in [2.45, 2.75) is 32.2 Å². The molecule has 0 aromatic heterocycles. The molecule has 1 atom stereocenters. The van der Waals surface area contributed by atoms with E-state index in [4.69, 9.17) is 9.47 Å². The minimum Gasteiger partial charge on any atom is -0.353 e. The monoisotopic (exact) mass is 363 g/mol. The summed E-state index contributed by atoms with van der Waals surface area (Å²) in [7, 11) is 0. The molecule has 18 heavy (non-hydrogen) atoms. The molecule has 1 saturated heterocycles. The van der Waals surface area contributed by atoms with E-state index in [0.29, 0.717) is 10.2 Å². The van der Waals surface area contributed by atoms with Gasteiger partial charge in [-0.05, 0) is 59.5 Å². The van der Waals surface area contributed by atoms with Crippen molar-refractivity contribution in [2.24, 2.45) is 0 Å². The minimum absolute atomic E-state index is 0.133. The van der Waals surface area contributed by atoms with Crippen molar-refractivity contribution in [1.82, 2.24) is 0 Å². The molecule has 0 amide bonds. The normalized spacial score (nSPS) is 19.7. The Hall–Kier alpha value is -0.730. The van der Waals surface area contributed by atoms with Gasteiger partial charge in [-0.15, -0.1) is 0 Å². The minimum atomic E-state index is -0.378. The summed E-state index contributed by atoms with van der Waals surface area (Å²) in [4.78, 5) is 10.3. The second-order valence-corrected chi connectivity index (χ2v) is 5.31. The molecule has 1 unspecified atom stereocenters. The first-order chi connectivity index (χ1) is 8.66. The number of rotatable bonds is 4. The molecular weight excluding hydrogens is 349 g/mol. The van der Waals surface area contributed by atoms with Gasteiger partial charge in [-0.1, -0.05) is 0 Å². The zero-order valence-corrected chi connectivity index (χ0v) is 12.0. The van der Waals surface area contributed by atoms with Crippen LogP contribution in [0.2, 0.25) is 0 Å². The molecule has 0 spiro atoms. The first kappa shape index (κ1) is 13.7. The lowest BCUT2D eigenvalue weighted by atomic mass is 10.2. The molecule has 1 heterocycles. The molecule has 1 aliphatic rings. The van der Waals surface area contributed by atoms with E-state index in [2.05, 4.69) is 0 Å². The van der Waals surface area contributed by atoms with Crippen molar-refractivity contribution in [3.05, 3.63) is 37.4 Å². The highest BCUT2D eigenvalue weighted by atomic mass is 127. The van der Waals surface area contributed by atoms with Gasteiger partial charge in [0.05, 0.1) is 15.1 Å². The van der Waals surface area contributed by atoms with Crippen LogP contribution >= 0.6 is 22.6 Å². The van der Waals surface area contributed by atoms with Crippen LogP contribution in [0.25, 0.3) is 0 Å². The van der Waals surface area contributed by atoms with E-state index >= 15 is 0 Å². The standard InChI is InChI=1S/C12H14INO4/c13-10-7-9(4-5-11(10)14(15)16)8-18-12-3-1-2-6-17-12/h4-5,7,12H,1-3,6,8H2.